The van der Waals surface area contributed by atoms with E-state index in [1.165, 1.54) is 35.1 Å². The minimum atomic E-state index is -1.26. The van der Waals surface area contributed by atoms with E-state index in [4.69, 9.17) is 39.4 Å². The van der Waals surface area contributed by atoms with Crippen LogP contribution in [-0.4, -0.2) is 133 Å². The molecule has 0 atom stereocenters. The first-order chi connectivity index (χ1) is 31.7. The Morgan fingerprint density at radius 2 is 1.00 bits per heavy atom. The van der Waals surface area contributed by atoms with E-state index in [9.17, 15) is 19.2 Å². The summed E-state index contributed by atoms with van der Waals surface area (Å²) in [7, 11) is 6.78. The Bertz CT molecular complexity index is 2150. The van der Waals surface area contributed by atoms with Gasteiger partial charge in [-0.05, 0) is 91.3 Å². The number of carbonyl (C=O) groups is 4. The highest BCUT2D eigenvalue weighted by molar-refractivity contribution is 5.90. The van der Waals surface area contributed by atoms with E-state index in [2.05, 4.69) is 100 Å². The molecule has 0 aliphatic carbocycles. The highest BCUT2D eigenvalue weighted by Crippen LogP contribution is 2.49. The van der Waals surface area contributed by atoms with Gasteiger partial charge >= 0.3 is 23.9 Å². The number of unbranched alkanes of at least 4 members (excludes halogenated alkanes) is 1. The Labute approximate surface area is 387 Å². The van der Waals surface area contributed by atoms with Crippen LogP contribution < -0.4 is 18.9 Å². The molecule has 0 saturated carbocycles. The van der Waals surface area contributed by atoms with E-state index in [1.54, 1.807) is 28.4 Å². The monoisotopic (exact) mass is 909 g/mol. The Balaban J connectivity index is 0.000000508. The van der Waals surface area contributed by atoms with Gasteiger partial charge in [0.2, 0.25) is 5.75 Å². The molecule has 0 amide bonds. The number of hydrogen-bond acceptors (Lipinski definition) is 11. The topological polar surface area (TPSA) is 196 Å². The number of rotatable bonds is 19. The van der Waals surface area contributed by atoms with Gasteiger partial charge in [0, 0.05) is 74.6 Å². The van der Waals surface area contributed by atoms with E-state index in [1.807, 2.05) is 6.07 Å². The molecule has 66 heavy (non-hydrogen) atoms. The zero-order chi connectivity index (χ0) is 48.1. The van der Waals surface area contributed by atoms with E-state index in [0.717, 1.165) is 94.4 Å². The fraction of sp³-hybridized carbons (Fsp3) is 0.373. The second-order valence-corrected chi connectivity index (χ2v) is 16.0. The van der Waals surface area contributed by atoms with Crippen LogP contribution in [0.25, 0.3) is 11.1 Å². The molecule has 15 nitrogen and oxygen atoms in total. The number of carboxylic acid groups (broad SMARTS) is 4. The molecule has 1 fully saturated rings. The number of aliphatic carboxylic acids is 4. The Morgan fingerprint density at radius 1 is 0.545 bits per heavy atom. The summed E-state index contributed by atoms with van der Waals surface area (Å²) >= 11 is 0. The van der Waals surface area contributed by atoms with E-state index >= 15 is 0 Å². The van der Waals surface area contributed by atoms with Gasteiger partial charge in [0.15, 0.2) is 11.5 Å². The number of nitrogens with zero attached hydrogens (tertiary/aromatic N) is 3. The maximum Gasteiger partial charge on any atom is 0.328 e. The molecule has 1 saturated heterocycles. The zero-order valence-electron chi connectivity index (χ0n) is 38.5. The molecule has 15 heteroatoms. The normalized spacial score (nSPS) is 14.1. The zero-order valence-corrected chi connectivity index (χ0v) is 38.5. The number of piperazine rings is 1. The molecule has 0 spiro atoms. The molecular formula is C51H63N3O12. The average molecular weight is 910 g/mol. The third-order valence-electron chi connectivity index (χ3n) is 11.7. The molecular weight excluding hydrogens is 847 g/mol. The molecule has 4 aromatic carbocycles. The van der Waals surface area contributed by atoms with Crippen LogP contribution in [0.2, 0.25) is 0 Å². The first-order valence-corrected chi connectivity index (χ1v) is 21.8. The second kappa shape index (κ2) is 26.3. The molecule has 0 aromatic heterocycles. The number of ether oxygens (including phenoxy) is 4. The molecule has 0 radical (unpaired) electrons. The fourth-order valence-electron chi connectivity index (χ4n) is 8.31. The van der Waals surface area contributed by atoms with Gasteiger partial charge in [0.05, 0.1) is 28.4 Å². The van der Waals surface area contributed by atoms with E-state index < -0.39 is 23.9 Å². The highest BCUT2D eigenvalue weighted by atomic mass is 16.5. The number of hydrogen-bond donors (Lipinski definition) is 4. The van der Waals surface area contributed by atoms with Crippen LogP contribution in [0, 0.1) is 0 Å². The Morgan fingerprint density at radius 3 is 1.44 bits per heavy atom. The fourth-order valence-corrected chi connectivity index (χ4v) is 8.31. The molecule has 4 aromatic rings. The lowest BCUT2D eigenvalue weighted by Gasteiger charge is -2.36. The Hall–Kier alpha value is -6.68. The molecule has 2 aliphatic rings. The van der Waals surface area contributed by atoms with Crippen LogP contribution in [0.4, 0.5) is 0 Å². The summed E-state index contributed by atoms with van der Waals surface area (Å²) < 4.78 is 23.1. The van der Waals surface area contributed by atoms with Gasteiger partial charge in [-0.25, -0.2) is 19.2 Å². The molecule has 2 heterocycles. The lowest BCUT2D eigenvalue weighted by Crippen LogP contribution is -2.47. The quantitative estimate of drug-likeness (QED) is 0.0540. The average Bonchev–Trinajstić information content (AvgIpc) is 3.48. The van der Waals surface area contributed by atoms with Crippen molar-refractivity contribution in [3.05, 3.63) is 131 Å². The van der Waals surface area contributed by atoms with Crippen molar-refractivity contribution < 1.29 is 58.6 Å². The third-order valence-corrected chi connectivity index (χ3v) is 11.7. The summed E-state index contributed by atoms with van der Waals surface area (Å²) in [6.07, 6.45) is 6.91. The van der Waals surface area contributed by atoms with Crippen LogP contribution in [0.15, 0.2) is 109 Å². The van der Waals surface area contributed by atoms with Crippen molar-refractivity contribution in [1.82, 2.24) is 14.7 Å². The third kappa shape index (κ3) is 15.5. The van der Waals surface area contributed by atoms with Crippen molar-refractivity contribution in [2.75, 3.05) is 74.3 Å². The van der Waals surface area contributed by atoms with E-state index in [0.29, 0.717) is 35.8 Å². The van der Waals surface area contributed by atoms with Gasteiger partial charge in [-0.3, -0.25) is 4.90 Å². The smallest absolute Gasteiger partial charge is 0.328 e. The predicted octanol–water partition coefficient (Wildman–Crippen LogP) is 7.31. The summed E-state index contributed by atoms with van der Waals surface area (Å²) in [6, 6.07) is 30.5. The van der Waals surface area contributed by atoms with Gasteiger partial charge < -0.3 is 49.2 Å². The van der Waals surface area contributed by atoms with Gasteiger partial charge in [0.25, 0.3) is 0 Å². The van der Waals surface area contributed by atoms with Crippen molar-refractivity contribution in [2.45, 2.75) is 51.1 Å². The van der Waals surface area contributed by atoms with Gasteiger partial charge in [0.1, 0.15) is 5.75 Å². The van der Waals surface area contributed by atoms with Crippen molar-refractivity contribution >= 4 is 23.9 Å². The number of fused-ring (bicyclic) bond motifs is 3. The van der Waals surface area contributed by atoms with Crippen LogP contribution >= 0.6 is 0 Å². The van der Waals surface area contributed by atoms with Gasteiger partial charge in [-0.15, -0.1) is 0 Å². The molecule has 354 valence electrons. The molecule has 6 rings (SSSR count). The van der Waals surface area contributed by atoms with Crippen LogP contribution in [0.5, 0.6) is 23.0 Å². The summed E-state index contributed by atoms with van der Waals surface area (Å²) in [5.41, 5.74) is 7.49. The maximum absolute atomic E-state index is 9.55. The minimum absolute atomic E-state index is 0.0267. The van der Waals surface area contributed by atoms with Crippen molar-refractivity contribution in [1.29, 1.82) is 0 Å². The summed E-state index contributed by atoms with van der Waals surface area (Å²) in [6.45, 7) is 12.0. The summed E-state index contributed by atoms with van der Waals surface area (Å²) in [5, 5.41) is 31.2. The number of carboxylic acids is 4. The van der Waals surface area contributed by atoms with Crippen molar-refractivity contribution in [3.8, 4) is 34.1 Å². The van der Waals surface area contributed by atoms with Crippen LogP contribution in [0.3, 0.4) is 0 Å². The molecule has 0 unspecified atom stereocenters. The maximum atomic E-state index is 9.55. The number of methoxy groups -OCH3 is 4. The van der Waals surface area contributed by atoms with Crippen molar-refractivity contribution in [3.63, 3.8) is 0 Å². The van der Waals surface area contributed by atoms with Gasteiger partial charge in [-0.2, -0.15) is 0 Å². The summed E-state index contributed by atoms with van der Waals surface area (Å²) in [5.74, 6) is -2.12. The SMILES string of the molecule is COc1ccc2c(c1)CN(CCCCN1CCN(CCCC(C)(c3ccccc3)c3ccccc3)CC1)Cc1cc(OC)c(OC)c(OC)c1-2.O=C(O)/C=C\C(=O)O.O=C(O)/C=C\C(=O)O. The second-order valence-electron chi connectivity index (χ2n) is 16.0. The van der Waals surface area contributed by atoms with Crippen molar-refractivity contribution in [2.24, 2.45) is 0 Å². The van der Waals surface area contributed by atoms with Crippen LogP contribution in [0.1, 0.15) is 54.9 Å². The first-order valence-electron chi connectivity index (χ1n) is 21.8. The molecule has 2 aliphatic heterocycles. The van der Waals surface area contributed by atoms with Crippen LogP contribution in [-0.2, 0) is 37.7 Å². The lowest BCUT2D eigenvalue weighted by atomic mass is 9.73. The summed E-state index contributed by atoms with van der Waals surface area (Å²) in [4.78, 5) is 46.1. The molecule has 4 N–H and O–H groups in total. The van der Waals surface area contributed by atoms with Gasteiger partial charge in [-0.1, -0.05) is 73.7 Å². The number of benzene rings is 4. The first kappa shape index (κ1) is 51.9. The standard InChI is InChI=1S/C43H55N3O4.2C4H4O4/c1-43(35-15-8-6-9-16-35,36-17-10-7-11-18-36)21-14-24-45-27-25-44(26-28-45)22-12-13-23-46-31-33-29-37(47-2)19-20-38(33)40-34(32-46)30-39(48-3)41(49-4)42(40)50-5;2*5-3(6)1-2-4(7)8/h6-11,15-20,29-30H,12-14,21-28,31-32H2,1-5H3;2*1-2H,(H,5,6)(H,7,8)/b;2*2-1-. The predicted molar refractivity (Wildman–Crippen MR) is 252 cm³/mol. The van der Waals surface area contributed by atoms with E-state index in [-0.39, 0.29) is 5.41 Å². The highest BCUT2D eigenvalue weighted by Gasteiger charge is 2.30. The largest absolute Gasteiger partial charge is 0.497 e. The lowest BCUT2D eigenvalue weighted by molar-refractivity contribution is -0.134. The molecule has 0 bridgehead atoms. The Kier molecular flexibility index (Phi) is 20.7. The minimum Gasteiger partial charge on any atom is -0.497 e.